The van der Waals surface area contributed by atoms with E-state index < -0.39 is 0 Å². The molecule has 0 heterocycles. The van der Waals surface area contributed by atoms with E-state index in [1.165, 1.54) is 0 Å². The monoisotopic (exact) mass is 198 g/mol. The zero-order valence-electron chi connectivity index (χ0n) is 8.91. The zero-order valence-corrected chi connectivity index (χ0v) is 8.91. The maximum atomic E-state index is 11.3. The first-order chi connectivity index (χ1) is 6.65. The van der Waals surface area contributed by atoms with Gasteiger partial charge < -0.3 is 9.47 Å². The largest absolute Gasteiger partial charge is 0.456 e. The third kappa shape index (κ3) is 2.84. The van der Waals surface area contributed by atoms with E-state index in [0.717, 1.165) is 25.7 Å². The van der Waals surface area contributed by atoms with Gasteiger partial charge in [-0.2, -0.15) is 0 Å². The standard InChI is InChI=1S/C11H18O3/c1-8(2)11(12)14-10-7-5-4-6-9(10)13-3/h9-10H,1,4-7H2,2-3H3. The van der Waals surface area contributed by atoms with Gasteiger partial charge in [0.1, 0.15) is 6.10 Å². The Morgan fingerprint density at radius 3 is 2.36 bits per heavy atom. The molecule has 0 bridgehead atoms. The Kier molecular flexibility index (Phi) is 4.14. The lowest BCUT2D eigenvalue weighted by Gasteiger charge is -2.29. The van der Waals surface area contributed by atoms with E-state index in [0.29, 0.717) is 5.57 Å². The van der Waals surface area contributed by atoms with Gasteiger partial charge in [0.2, 0.25) is 0 Å². The summed E-state index contributed by atoms with van der Waals surface area (Å²) < 4.78 is 10.6. The summed E-state index contributed by atoms with van der Waals surface area (Å²) in [6.07, 6.45) is 4.11. The molecule has 0 aliphatic heterocycles. The van der Waals surface area contributed by atoms with Crippen molar-refractivity contribution < 1.29 is 14.3 Å². The van der Waals surface area contributed by atoms with E-state index in [2.05, 4.69) is 6.58 Å². The number of hydrogen-bond donors (Lipinski definition) is 0. The second-order valence-electron chi connectivity index (χ2n) is 3.78. The fourth-order valence-corrected chi connectivity index (χ4v) is 1.71. The maximum Gasteiger partial charge on any atom is 0.333 e. The van der Waals surface area contributed by atoms with E-state index in [1.54, 1.807) is 14.0 Å². The molecular formula is C11H18O3. The van der Waals surface area contributed by atoms with Crippen molar-refractivity contribution in [2.75, 3.05) is 7.11 Å². The molecule has 0 aromatic carbocycles. The van der Waals surface area contributed by atoms with E-state index in [4.69, 9.17) is 9.47 Å². The summed E-state index contributed by atoms with van der Waals surface area (Å²) in [4.78, 5) is 11.3. The molecule has 1 rings (SSSR count). The molecule has 0 N–H and O–H groups in total. The van der Waals surface area contributed by atoms with Crippen molar-refractivity contribution in [3.05, 3.63) is 12.2 Å². The lowest BCUT2D eigenvalue weighted by atomic mass is 9.94. The summed E-state index contributed by atoms with van der Waals surface area (Å²) in [6.45, 7) is 5.22. The third-order valence-corrected chi connectivity index (χ3v) is 2.55. The van der Waals surface area contributed by atoms with E-state index in [1.807, 2.05) is 0 Å². The predicted octanol–water partition coefficient (Wildman–Crippen LogP) is 2.06. The van der Waals surface area contributed by atoms with Crippen LogP contribution >= 0.6 is 0 Å². The highest BCUT2D eigenvalue weighted by Gasteiger charge is 2.28. The molecule has 0 amide bonds. The molecule has 1 saturated carbocycles. The molecule has 1 fully saturated rings. The minimum atomic E-state index is -0.307. The highest BCUT2D eigenvalue weighted by Crippen LogP contribution is 2.23. The molecule has 0 aromatic rings. The third-order valence-electron chi connectivity index (χ3n) is 2.55. The molecule has 2 unspecified atom stereocenters. The Morgan fingerprint density at radius 2 is 1.86 bits per heavy atom. The van der Waals surface area contributed by atoms with Gasteiger partial charge in [-0.25, -0.2) is 4.79 Å². The van der Waals surface area contributed by atoms with Gasteiger partial charge in [0.15, 0.2) is 0 Å². The van der Waals surface area contributed by atoms with Crippen LogP contribution in [0.1, 0.15) is 32.6 Å². The van der Waals surface area contributed by atoms with E-state index >= 15 is 0 Å². The highest BCUT2D eigenvalue weighted by molar-refractivity contribution is 5.87. The van der Waals surface area contributed by atoms with Gasteiger partial charge in [-0.1, -0.05) is 13.0 Å². The molecule has 2 atom stereocenters. The molecule has 3 heteroatoms. The van der Waals surface area contributed by atoms with Crippen LogP contribution in [0.15, 0.2) is 12.2 Å². The number of hydrogen-bond acceptors (Lipinski definition) is 3. The molecule has 0 radical (unpaired) electrons. The number of methoxy groups -OCH3 is 1. The quantitative estimate of drug-likeness (QED) is 0.514. The molecule has 1 aliphatic carbocycles. The second-order valence-corrected chi connectivity index (χ2v) is 3.78. The minimum Gasteiger partial charge on any atom is -0.456 e. The number of rotatable bonds is 3. The van der Waals surface area contributed by atoms with Crippen molar-refractivity contribution in [3.63, 3.8) is 0 Å². The molecule has 0 saturated heterocycles. The van der Waals surface area contributed by atoms with Gasteiger partial charge in [-0.3, -0.25) is 0 Å². The topological polar surface area (TPSA) is 35.5 Å². The summed E-state index contributed by atoms with van der Waals surface area (Å²) in [5.41, 5.74) is 0.449. The van der Waals surface area contributed by atoms with Gasteiger partial charge in [-0.05, 0) is 26.2 Å². The number of ether oxygens (including phenoxy) is 2. The Morgan fingerprint density at radius 1 is 1.29 bits per heavy atom. The van der Waals surface area contributed by atoms with Crippen LogP contribution in [0, 0.1) is 0 Å². The minimum absolute atomic E-state index is 0.0621. The Balaban J connectivity index is 2.48. The van der Waals surface area contributed by atoms with Gasteiger partial charge in [0, 0.05) is 12.7 Å². The zero-order chi connectivity index (χ0) is 10.6. The van der Waals surface area contributed by atoms with Crippen molar-refractivity contribution in [1.29, 1.82) is 0 Å². The molecular weight excluding hydrogens is 180 g/mol. The van der Waals surface area contributed by atoms with Crippen molar-refractivity contribution >= 4 is 5.97 Å². The highest BCUT2D eigenvalue weighted by atomic mass is 16.6. The van der Waals surface area contributed by atoms with Crippen LogP contribution in [-0.4, -0.2) is 25.3 Å². The summed E-state index contributed by atoms with van der Waals surface area (Å²) >= 11 is 0. The van der Waals surface area contributed by atoms with Crippen LogP contribution in [0.4, 0.5) is 0 Å². The van der Waals surface area contributed by atoms with Crippen LogP contribution in [0.5, 0.6) is 0 Å². The number of carbonyl (C=O) groups excluding carboxylic acids is 1. The first-order valence-corrected chi connectivity index (χ1v) is 5.04. The fourth-order valence-electron chi connectivity index (χ4n) is 1.71. The van der Waals surface area contributed by atoms with Crippen molar-refractivity contribution in [3.8, 4) is 0 Å². The maximum absolute atomic E-state index is 11.3. The number of esters is 1. The van der Waals surface area contributed by atoms with Crippen molar-refractivity contribution in [1.82, 2.24) is 0 Å². The fraction of sp³-hybridized carbons (Fsp3) is 0.727. The molecule has 0 spiro atoms. The van der Waals surface area contributed by atoms with E-state index in [9.17, 15) is 4.79 Å². The smallest absolute Gasteiger partial charge is 0.333 e. The van der Waals surface area contributed by atoms with Gasteiger partial charge >= 0.3 is 5.97 Å². The summed E-state index contributed by atoms with van der Waals surface area (Å²) in [5, 5.41) is 0. The van der Waals surface area contributed by atoms with Crippen LogP contribution in [0.25, 0.3) is 0 Å². The van der Waals surface area contributed by atoms with Crippen LogP contribution in [-0.2, 0) is 14.3 Å². The van der Waals surface area contributed by atoms with Gasteiger partial charge in [0.05, 0.1) is 6.10 Å². The normalized spacial score (nSPS) is 27.0. The Hall–Kier alpha value is -0.830. The first-order valence-electron chi connectivity index (χ1n) is 5.04. The molecule has 3 nitrogen and oxygen atoms in total. The van der Waals surface area contributed by atoms with Crippen molar-refractivity contribution in [2.45, 2.75) is 44.8 Å². The van der Waals surface area contributed by atoms with Crippen LogP contribution in [0.2, 0.25) is 0 Å². The molecule has 14 heavy (non-hydrogen) atoms. The Bertz CT molecular complexity index is 223. The van der Waals surface area contributed by atoms with Crippen LogP contribution < -0.4 is 0 Å². The summed E-state index contributed by atoms with van der Waals surface area (Å²) in [6, 6.07) is 0. The van der Waals surface area contributed by atoms with Gasteiger partial charge in [-0.15, -0.1) is 0 Å². The Labute approximate surface area is 85.1 Å². The molecule has 0 aromatic heterocycles. The average molecular weight is 198 g/mol. The average Bonchev–Trinajstić information content (AvgIpc) is 2.18. The summed E-state index contributed by atoms with van der Waals surface area (Å²) in [5.74, 6) is -0.307. The lowest BCUT2D eigenvalue weighted by Crippen LogP contribution is -2.35. The SMILES string of the molecule is C=C(C)C(=O)OC1CCCCC1OC. The van der Waals surface area contributed by atoms with E-state index in [-0.39, 0.29) is 18.2 Å². The molecule has 1 aliphatic rings. The van der Waals surface area contributed by atoms with Gasteiger partial charge in [0.25, 0.3) is 0 Å². The number of carbonyl (C=O) groups is 1. The second kappa shape index (κ2) is 5.15. The lowest BCUT2D eigenvalue weighted by molar-refractivity contribution is -0.154. The van der Waals surface area contributed by atoms with Crippen molar-refractivity contribution in [2.24, 2.45) is 0 Å². The first kappa shape index (κ1) is 11.2. The predicted molar refractivity (Wildman–Crippen MR) is 54.0 cm³/mol. The summed E-state index contributed by atoms with van der Waals surface area (Å²) in [7, 11) is 1.66. The van der Waals surface area contributed by atoms with Crippen LogP contribution in [0.3, 0.4) is 0 Å². The molecule has 80 valence electrons.